The number of aryl methyl sites for hydroxylation is 2. The van der Waals surface area contributed by atoms with Gasteiger partial charge in [0.2, 0.25) is 0 Å². The zero-order chi connectivity index (χ0) is 19.6. The number of aliphatic imine (C=N–C) groups is 1. The predicted octanol–water partition coefficient (Wildman–Crippen LogP) is 2.74. The molecule has 0 aliphatic rings. The fraction of sp³-hybridized carbons (Fsp3) is 0.524. The maximum atomic E-state index is 5.71. The number of benzene rings is 1. The Hall–Kier alpha value is -2.34. The summed E-state index contributed by atoms with van der Waals surface area (Å²) in [7, 11) is 1.99. The van der Waals surface area contributed by atoms with Gasteiger partial charge in [0.25, 0.3) is 0 Å². The molecule has 0 saturated carbocycles. The lowest BCUT2D eigenvalue weighted by molar-refractivity contribution is 0.128. The fourth-order valence-electron chi connectivity index (χ4n) is 3.01. The first kappa shape index (κ1) is 21.0. The minimum absolute atomic E-state index is 0.259. The van der Waals surface area contributed by atoms with Crippen LogP contribution >= 0.6 is 0 Å². The average molecular weight is 372 g/mol. The molecule has 0 amide bonds. The van der Waals surface area contributed by atoms with Crippen LogP contribution in [0.15, 0.2) is 35.3 Å². The molecule has 27 heavy (non-hydrogen) atoms. The molecule has 2 N–H and O–H groups in total. The topological polar surface area (TPSA) is 63.5 Å². The summed E-state index contributed by atoms with van der Waals surface area (Å²) in [5, 5.41) is 11.3. The zero-order valence-electron chi connectivity index (χ0n) is 17.2. The van der Waals surface area contributed by atoms with Gasteiger partial charge in [0.15, 0.2) is 5.96 Å². The van der Waals surface area contributed by atoms with Crippen molar-refractivity contribution in [2.24, 2.45) is 12.0 Å². The van der Waals surface area contributed by atoms with Crippen LogP contribution in [-0.4, -0.2) is 41.5 Å². The van der Waals surface area contributed by atoms with Crippen molar-refractivity contribution >= 4 is 5.96 Å². The molecular formula is C21H33N5O. The van der Waals surface area contributed by atoms with E-state index < -0.39 is 0 Å². The van der Waals surface area contributed by atoms with Crippen molar-refractivity contribution in [3.63, 3.8) is 0 Å². The minimum atomic E-state index is 0.259. The quantitative estimate of drug-likeness (QED) is 0.404. The second kappa shape index (κ2) is 10.7. The first-order valence-electron chi connectivity index (χ1n) is 9.66. The smallest absolute Gasteiger partial charge is 0.191 e. The molecule has 0 radical (unpaired) electrons. The summed E-state index contributed by atoms with van der Waals surface area (Å²) >= 11 is 0. The van der Waals surface area contributed by atoms with E-state index in [4.69, 9.17) is 4.74 Å². The van der Waals surface area contributed by atoms with Crippen molar-refractivity contribution in [3.8, 4) is 0 Å². The maximum absolute atomic E-state index is 5.71. The third-order valence-electron chi connectivity index (χ3n) is 4.51. The van der Waals surface area contributed by atoms with Gasteiger partial charge in [0, 0.05) is 25.3 Å². The van der Waals surface area contributed by atoms with Gasteiger partial charge in [-0.25, -0.2) is 0 Å². The van der Waals surface area contributed by atoms with Gasteiger partial charge in [-0.05, 0) is 45.2 Å². The Labute approximate surface area is 163 Å². The Kier molecular flexibility index (Phi) is 8.33. The minimum Gasteiger partial charge on any atom is -0.375 e. The highest BCUT2D eigenvalue weighted by Gasteiger charge is 2.13. The average Bonchev–Trinajstić information content (AvgIpc) is 2.88. The van der Waals surface area contributed by atoms with Crippen molar-refractivity contribution in [1.82, 2.24) is 20.4 Å². The monoisotopic (exact) mass is 371 g/mol. The molecule has 0 bridgehead atoms. The molecule has 0 spiro atoms. The van der Waals surface area contributed by atoms with Crippen LogP contribution in [0.25, 0.3) is 0 Å². The summed E-state index contributed by atoms with van der Waals surface area (Å²) in [5.74, 6) is 0.826. The van der Waals surface area contributed by atoms with E-state index in [-0.39, 0.29) is 6.04 Å². The number of ether oxygens (including phenoxy) is 1. The number of aromatic nitrogens is 2. The Morgan fingerprint density at radius 1 is 1.26 bits per heavy atom. The van der Waals surface area contributed by atoms with Crippen LogP contribution in [0, 0.1) is 13.8 Å². The van der Waals surface area contributed by atoms with E-state index in [9.17, 15) is 0 Å². The van der Waals surface area contributed by atoms with E-state index in [0.29, 0.717) is 19.8 Å². The Bertz CT molecular complexity index is 724. The molecule has 2 aromatic rings. The van der Waals surface area contributed by atoms with Gasteiger partial charge in [0.05, 0.1) is 25.5 Å². The summed E-state index contributed by atoms with van der Waals surface area (Å²) in [6.45, 7) is 11.1. The van der Waals surface area contributed by atoms with E-state index in [1.54, 1.807) is 0 Å². The van der Waals surface area contributed by atoms with Crippen LogP contribution in [0.4, 0.5) is 0 Å². The van der Waals surface area contributed by atoms with Crippen molar-refractivity contribution in [2.75, 3.05) is 19.7 Å². The summed E-state index contributed by atoms with van der Waals surface area (Å²) in [6, 6.07) is 10.5. The van der Waals surface area contributed by atoms with Crippen LogP contribution in [-0.2, 0) is 24.8 Å². The third kappa shape index (κ3) is 6.71. The largest absolute Gasteiger partial charge is 0.375 e. The van der Waals surface area contributed by atoms with Gasteiger partial charge in [-0.2, -0.15) is 5.10 Å². The van der Waals surface area contributed by atoms with Crippen molar-refractivity contribution < 1.29 is 4.74 Å². The highest BCUT2D eigenvalue weighted by molar-refractivity contribution is 5.80. The molecule has 1 aromatic heterocycles. The van der Waals surface area contributed by atoms with E-state index in [1.165, 1.54) is 16.8 Å². The molecule has 6 heteroatoms. The summed E-state index contributed by atoms with van der Waals surface area (Å²) in [4.78, 5) is 4.62. The van der Waals surface area contributed by atoms with Crippen molar-refractivity contribution in [3.05, 3.63) is 52.8 Å². The van der Waals surface area contributed by atoms with Gasteiger partial charge in [-0.1, -0.05) is 30.3 Å². The number of nitrogens with one attached hydrogen (secondary N) is 2. The highest BCUT2D eigenvalue weighted by atomic mass is 16.5. The number of rotatable bonds is 9. The lowest BCUT2D eigenvalue weighted by atomic mass is 10.1. The Morgan fingerprint density at radius 2 is 2.00 bits per heavy atom. The van der Waals surface area contributed by atoms with Crippen LogP contribution in [0.3, 0.4) is 0 Å². The molecule has 0 aliphatic carbocycles. The third-order valence-corrected chi connectivity index (χ3v) is 4.51. The maximum Gasteiger partial charge on any atom is 0.191 e. The fourth-order valence-corrected chi connectivity index (χ4v) is 3.01. The molecule has 0 fully saturated rings. The number of nitrogens with zero attached hydrogens (tertiary/aromatic N) is 3. The molecule has 0 aliphatic heterocycles. The van der Waals surface area contributed by atoms with Crippen LogP contribution in [0.2, 0.25) is 0 Å². The van der Waals surface area contributed by atoms with Gasteiger partial charge < -0.3 is 15.4 Å². The molecule has 2 rings (SSSR count). The summed E-state index contributed by atoms with van der Waals surface area (Å²) in [6.07, 6.45) is 0.917. The van der Waals surface area contributed by atoms with E-state index in [0.717, 1.165) is 24.6 Å². The first-order chi connectivity index (χ1) is 13.0. The normalized spacial score (nSPS) is 12.9. The van der Waals surface area contributed by atoms with Gasteiger partial charge in [-0.15, -0.1) is 0 Å². The first-order valence-corrected chi connectivity index (χ1v) is 9.66. The summed E-state index contributed by atoms with van der Waals surface area (Å²) < 4.78 is 7.65. The second-order valence-electron chi connectivity index (χ2n) is 6.82. The van der Waals surface area contributed by atoms with Crippen LogP contribution in [0.1, 0.15) is 36.4 Å². The molecule has 0 saturated heterocycles. The van der Waals surface area contributed by atoms with E-state index in [1.807, 2.05) is 29.9 Å². The van der Waals surface area contributed by atoms with Gasteiger partial charge in [0.1, 0.15) is 0 Å². The van der Waals surface area contributed by atoms with Crippen molar-refractivity contribution in [2.45, 2.75) is 46.8 Å². The lowest BCUT2D eigenvalue weighted by Crippen LogP contribution is -2.43. The van der Waals surface area contributed by atoms with Crippen LogP contribution < -0.4 is 10.6 Å². The molecule has 1 heterocycles. The number of guanidine groups is 1. The standard InChI is InChI=1S/C21H33N5O/c1-6-22-21(23-12-13-27-15-19-10-8-7-9-11-19)24-16(2)14-20-17(3)25-26(5)18(20)4/h7-11,16H,6,12-15H2,1-5H3,(H2,22,23,24). The molecule has 6 nitrogen and oxygen atoms in total. The van der Waals surface area contributed by atoms with E-state index >= 15 is 0 Å². The predicted molar refractivity (Wildman–Crippen MR) is 111 cm³/mol. The highest BCUT2D eigenvalue weighted by Crippen LogP contribution is 2.14. The lowest BCUT2D eigenvalue weighted by Gasteiger charge is -2.18. The molecular weight excluding hydrogens is 338 g/mol. The summed E-state index contributed by atoms with van der Waals surface area (Å²) in [5.41, 5.74) is 4.80. The van der Waals surface area contributed by atoms with Crippen LogP contribution in [0.5, 0.6) is 0 Å². The van der Waals surface area contributed by atoms with Crippen molar-refractivity contribution in [1.29, 1.82) is 0 Å². The van der Waals surface area contributed by atoms with E-state index in [2.05, 4.69) is 60.6 Å². The number of hydrogen-bond acceptors (Lipinski definition) is 3. The SMILES string of the molecule is CCNC(=NCCOCc1ccccc1)NC(C)Cc1c(C)nn(C)c1C. The van der Waals surface area contributed by atoms with Gasteiger partial charge in [-0.3, -0.25) is 9.67 Å². The number of hydrogen-bond donors (Lipinski definition) is 2. The molecule has 1 aromatic carbocycles. The van der Waals surface area contributed by atoms with Gasteiger partial charge >= 0.3 is 0 Å². The Morgan fingerprint density at radius 3 is 2.63 bits per heavy atom. The molecule has 1 unspecified atom stereocenters. The zero-order valence-corrected chi connectivity index (χ0v) is 17.2. The molecule has 148 valence electrons. The second-order valence-corrected chi connectivity index (χ2v) is 6.82. The Balaban J connectivity index is 1.81. The molecule has 1 atom stereocenters.